The van der Waals surface area contributed by atoms with Gasteiger partial charge in [0.25, 0.3) is 0 Å². The number of carbonyl (C=O) groups is 2. The van der Waals surface area contributed by atoms with Crippen LogP contribution in [0.25, 0.3) is 0 Å². The van der Waals surface area contributed by atoms with Crippen molar-refractivity contribution in [3.05, 3.63) is 0 Å². The van der Waals surface area contributed by atoms with E-state index in [4.69, 9.17) is 5.11 Å². The van der Waals surface area contributed by atoms with E-state index >= 15 is 0 Å². The van der Waals surface area contributed by atoms with Crippen LogP contribution in [0.1, 0.15) is 45.4 Å². The fourth-order valence-corrected chi connectivity index (χ4v) is 3.41. The summed E-state index contributed by atoms with van der Waals surface area (Å²) in [6.07, 6.45) is 5.30. The minimum Gasteiger partial charge on any atom is -0.481 e. The molecule has 2 fully saturated rings. The average Bonchev–Trinajstić information content (AvgIpc) is 2.69. The van der Waals surface area contributed by atoms with Crippen LogP contribution in [0, 0.1) is 5.92 Å². The zero-order valence-corrected chi connectivity index (χ0v) is 11.6. The maximum Gasteiger partial charge on any atom is 0.305 e. The first-order valence-electron chi connectivity index (χ1n) is 7.34. The van der Waals surface area contributed by atoms with Crippen LogP contribution in [0.3, 0.4) is 0 Å². The molecule has 2 bridgehead atoms. The summed E-state index contributed by atoms with van der Waals surface area (Å²) >= 11 is 0. The molecule has 0 saturated carbocycles. The minimum absolute atomic E-state index is 0.0387. The predicted octanol–water partition coefficient (Wildman–Crippen LogP) is 1.23. The minimum atomic E-state index is -0.842. The van der Waals surface area contributed by atoms with Gasteiger partial charge in [-0.1, -0.05) is 0 Å². The first kappa shape index (κ1) is 14.3. The van der Waals surface area contributed by atoms with Crippen molar-refractivity contribution in [2.75, 3.05) is 13.1 Å². The number of amides is 1. The second kappa shape index (κ2) is 6.37. The molecule has 2 atom stereocenters. The van der Waals surface area contributed by atoms with E-state index < -0.39 is 5.97 Å². The standard InChI is InChI=1S/C14H24N2O3/c1-2-16(6-5-14(18)19)13(17)9-10-7-11-3-4-12(8-10)15-11/h10-12,15H,2-9H2,1H3,(H,18,19). The molecule has 0 aromatic carbocycles. The number of carbonyl (C=O) groups excluding carboxylic acids is 1. The quantitative estimate of drug-likeness (QED) is 0.760. The Morgan fingerprint density at radius 2 is 1.89 bits per heavy atom. The van der Waals surface area contributed by atoms with E-state index in [1.165, 1.54) is 12.8 Å². The van der Waals surface area contributed by atoms with Crippen LogP contribution < -0.4 is 5.32 Å². The summed E-state index contributed by atoms with van der Waals surface area (Å²) in [6.45, 7) is 2.85. The molecule has 0 radical (unpaired) electrons. The van der Waals surface area contributed by atoms with Gasteiger partial charge in [0.1, 0.15) is 0 Å². The second-order valence-electron chi connectivity index (χ2n) is 5.80. The molecule has 5 nitrogen and oxygen atoms in total. The summed E-state index contributed by atoms with van der Waals surface area (Å²) in [6, 6.07) is 1.20. The van der Waals surface area contributed by atoms with Gasteiger partial charge < -0.3 is 15.3 Å². The third kappa shape index (κ3) is 3.93. The molecular formula is C14H24N2O3. The van der Waals surface area contributed by atoms with Crippen molar-refractivity contribution in [2.45, 2.75) is 57.5 Å². The highest BCUT2D eigenvalue weighted by atomic mass is 16.4. The Hall–Kier alpha value is -1.10. The highest BCUT2D eigenvalue weighted by molar-refractivity contribution is 5.77. The lowest BCUT2D eigenvalue weighted by molar-refractivity contribution is -0.138. The smallest absolute Gasteiger partial charge is 0.305 e. The fourth-order valence-electron chi connectivity index (χ4n) is 3.41. The summed E-state index contributed by atoms with van der Waals surface area (Å²) in [5.41, 5.74) is 0. The zero-order valence-electron chi connectivity index (χ0n) is 11.6. The van der Waals surface area contributed by atoms with Crippen LogP contribution in [0.15, 0.2) is 0 Å². The average molecular weight is 268 g/mol. The Balaban J connectivity index is 1.80. The molecule has 2 N–H and O–H groups in total. The van der Waals surface area contributed by atoms with Gasteiger partial charge in [-0.2, -0.15) is 0 Å². The molecule has 0 aliphatic carbocycles. The third-order valence-electron chi connectivity index (χ3n) is 4.36. The largest absolute Gasteiger partial charge is 0.481 e. The van der Waals surface area contributed by atoms with E-state index in [1.54, 1.807) is 4.90 Å². The van der Waals surface area contributed by atoms with Crippen molar-refractivity contribution in [2.24, 2.45) is 5.92 Å². The molecule has 2 aliphatic heterocycles. The third-order valence-corrected chi connectivity index (χ3v) is 4.36. The molecule has 2 heterocycles. The Labute approximate surface area is 114 Å². The van der Waals surface area contributed by atoms with Gasteiger partial charge in [0.05, 0.1) is 6.42 Å². The molecule has 2 rings (SSSR count). The van der Waals surface area contributed by atoms with Gasteiger partial charge in [-0.05, 0) is 38.5 Å². The molecule has 1 amide bonds. The number of aliphatic carboxylic acids is 1. The molecule has 0 spiro atoms. The van der Waals surface area contributed by atoms with Crippen LogP contribution in [0.2, 0.25) is 0 Å². The Kier molecular flexibility index (Phi) is 4.80. The SMILES string of the molecule is CCN(CCC(=O)O)C(=O)CC1CC2CCC(C1)N2. The van der Waals surface area contributed by atoms with E-state index in [0.29, 0.717) is 37.5 Å². The molecular weight excluding hydrogens is 244 g/mol. The number of nitrogens with zero attached hydrogens (tertiary/aromatic N) is 1. The van der Waals surface area contributed by atoms with Gasteiger partial charge in [0.15, 0.2) is 0 Å². The summed E-state index contributed by atoms with van der Waals surface area (Å²) in [7, 11) is 0. The second-order valence-corrected chi connectivity index (χ2v) is 5.80. The Morgan fingerprint density at radius 3 is 2.42 bits per heavy atom. The van der Waals surface area contributed by atoms with Crippen molar-refractivity contribution in [1.29, 1.82) is 0 Å². The number of hydrogen-bond donors (Lipinski definition) is 2. The summed E-state index contributed by atoms with van der Waals surface area (Å²) in [5, 5.41) is 12.3. The van der Waals surface area contributed by atoms with Crippen molar-refractivity contribution in [3.63, 3.8) is 0 Å². The first-order valence-corrected chi connectivity index (χ1v) is 7.34. The van der Waals surface area contributed by atoms with Gasteiger partial charge in [0, 0.05) is 31.6 Å². The van der Waals surface area contributed by atoms with Crippen molar-refractivity contribution in [1.82, 2.24) is 10.2 Å². The number of hydrogen-bond acceptors (Lipinski definition) is 3. The topological polar surface area (TPSA) is 69.6 Å². The normalized spacial score (nSPS) is 29.2. The van der Waals surface area contributed by atoms with Gasteiger partial charge in [0.2, 0.25) is 5.91 Å². The number of carboxylic acids is 1. The van der Waals surface area contributed by atoms with Crippen LogP contribution >= 0.6 is 0 Å². The molecule has 2 saturated heterocycles. The van der Waals surface area contributed by atoms with Gasteiger partial charge >= 0.3 is 5.97 Å². The summed E-state index contributed by atoms with van der Waals surface area (Å²) < 4.78 is 0. The Bertz CT molecular complexity index is 334. The van der Waals surface area contributed by atoms with Crippen molar-refractivity contribution >= 4 is 11.9 Å². The number of piperidine rings is 1. The fraction of sp³-hybridized carbons (Fsp3) is 0.857. The molecule has 0 aromatic rings. The van der Waals surface area contributed by atoms with Crippen LogP contribution in [0.5, 0.6) is 0 Å². The molecule has 19 heavy (non-hydrogen) atoms. The number of rotatable bonds is 6. The van der Waals surface area contributed by atoms with Crippen LogP contribution in [0.4, 0.5) is 0 Å². The monoisotopic (exact) mass is 268 g/mol. The lowest BCUT2D eigenvalue weighted by atomic mass is 9.89. The lowest BCUT2D eigenvalue weighted by Crippen LogP contribution is -2.40. The molecule has 5 heteroatoms. The van der Waals surface area contributed by atoms with E-state index in [-0.39, 0.29) is 12.3 Å². The molecule has 2 unspecified atom stereocenters. The van der Waals surface area contributed by atoms with E-state index in [0.717, 1.165) is 12.8 Å². The van der Waals surface area contributed by atoms with Gasteiger partial charge in [-0.25, -0.2) is 0 Å². The van der Waals surface area contributed by atoms with Gasteiger partial charge in [-0.3, -0.25) is 9.59 Å². The highest BCUT2D eigenvalue weighted by Gasteiger charge is 2.34. The van der Waals surface area contributed by atoms with Crippen LogP contribution in [-0.2, 0) is 9.59 Å². The Morgan fingerprint density at radius 1 is 1.26 bits per heavy atom. The van der Waals surface area contributed by atoms with E-state index in [2.05, 4.69) is 5.32 Å². The maximum atomic E-state index is 12.2. The predicted molar refractivity (Wildman–Crippen MR) is 71.8 cm³/mol. The van der Waals surface area contributed by atoms with E-state index in [9.17, 15) is 9.59 Å². The molecule has 0 aromatic heterocycles. The molecule has 2 aliphatic rings. The van der Waals surface area contributed by atoms with E-state index in [1.807, 2.05) is 6.92 Å². The summed E-state index contributed by atoms with van der Waals surface area (Å²) in [4.78, 5) is 24.5. The van der Waals surface area contributed by atoms with Gasteiger partial charge in [-0.15, -0.1) is 0 Å². The number of fused-ring (bicyclic) bond motifs is 2. The highest BCUT2D eigenvalue weighted by Crippen LogP contribution is 2.32. The lowest BCUT2D eigenvalue weighted by Gasteiger charge is -2.30. The van der Waals surface area contributed by atoms with Crippen molar-refractivity contribution < 1.29 is 14.7 Å². The first-order chi connectivity index (χ1) is 9.08. The summed E-state index contributed by atoms with van der Waals surface area (Å²) in [5.74, 6) is -0.244. The van der Waals surface area contributed by atoms with Crippen molar-refractivity contribution in [3.8, 4) is 0 Å². The zero-order chi connectivity index (χ0) is 13.8. The number of nitrogens with one attached hydrogen (secondary N) is 1. The number of carboxylic acid groups (broad SMARTS) is 1. The molecule has 108 valence electrons. The van der Waals surface area contributed by atoms with Crippen LogP contribution in [-0.4, -0.2) is 47.1 Å². The maximum absolute atomic E-state index is 12.2.